The van der Waals surface area contributed by atoms with Crippen LogP contribution in [0, 0.1) is 0 Å². The minimum Gasteiger partial charge on any atom is -0.463 e. The number of aryl methyl sites for hydroxylation is 1. The van der Waals surface area contributed by atoms with Gasteiger partial charge in [0.15, 0.2) is 5.43 Å². The molecule has 1 aromatic rings. The summed E-state index contributed by atoms with van der Waals surface area (Å²) in [7, 11) is 0.969. The molecule has 0 amide bonds. The van der Waals surface area contributed by atoms with E-state index in [4.69, 9.17) is 0 Å². The number of rotatable bonds is 5. The van der Waals surface area contributed by atoms with Crippen molar-refractivity contribution in [3.05, 3.63) is 39.5 Å². The van der Waals surface area contributed by atoms with Crippen LogP contribution in [0.5, 0.6) is 0 Å². The van der Waals surface area contributed by atoms with Gasteiger partial charge >= 0.3 is 17.3 Å². The molecular formula is C16H17F3O4S. The largest absolute Gasteiger partial charge is 0.463 e. The van der Waals surface area contributed by atoms with Crippen molar-refractivity contribution in [3.8, 4) is 0 Å². The summed E-state index contributed by atoms with van der Waals surface area (Å²) in [6.45, 7) is 1.96. The molecule has 0 atom stereocenters. The molecule has 0 aliphatic carbocycles. The average molecular weight is 362 g/mol. The summed E-state index contributed by atoms with van der Waals surface area (Å²) in [5.74, 6) is -1.23. The summed E-state index contributed by atoms with van der Waals surface area (Å²) in [4.78, 5) is 34.3. The number of methoxy groups -OCH3 is 1. The molecule has 24 heavy (non-hydrogen) atoms. The topological polar surface area (TPSA) is 60.4 Å². The molecule has 0 aromatic heterocycles. The fourth-order valence-electron chi connectivity index (χ4n) is 1.93. The van der Waals surface area contributed by atoms with E-state index >= 15 is 0 Å². The van der Waals surface area contributed by atoms with E-state index in [9.17, 15) is 27.6 Å². The average Bonchev–Trinajstić information content (AvgIpc) is 2.66. The van der Waals surface area contributed by atoms with E-state index in [-0.39, 0.29) is 17.3 Å². The van der Waals surface area contributed by atoms with Crippen molar-refractivity contribution in [2.75, 3.05) is 7.11 Å². The van der Waals surface area contributed by atoms with Crippen LogP contribution in [-0.2, 0) is 26.9 Å². The molecule has 0 N–H and O–H groups in total. The van der Waals surface area contributed by atoms with Crippen molar-refractivity contribution in [2.45, 2.75) is 43.7 Å². The van der Waals surface area contributed by atoms with Crippen LogP contribution in [0.15, 0.2) is 27.9 Å². The molecule has 0 bridgehead atoms. The quantitative estimate of drug-likeness (QED) is 0.347. The Hall–Kier alpha value is -1.83. The van der Waals surface area contributed by atoms with Gasteiger partial charge in [-0.05, 0) is 48.4 Å². The molecule has 0 spiro atoms. The van der Waals surface area contributed by atoms with Gasteiger partial charge in [0.2, 0.25) is 0 Å². The SMILES string of the molecule is CCCCCc1cc(C(F)(F)F)cc(SC(=O)C(=O)OC)c(=O)c1. The number of halogens is 3. The van der Waals surface area contributed by atoms with E-state index in [1.807, 2.05) is 6.92 Å². The smallest absolute Gasteiger partial charge is 0.416 e. The van der Waals surface area contributed by atoms with E-state index in [2.05, 4.69) is 4.74 Å². The summed E-state index contributed by atoms with van der Waals surface area (Å²) < 4.78 is 43.5. The molecule has 0 saturated carbocycles. The highest BCUT2D eigenvalue weighted by molar-refractivity contribution is 8.15. The van der Waals surface area contributed by atoms with Crippen LogP contribution in [0.2, 0.25) is 0 Å². The Labute approximate surface area is 141 Å². The minimum absolute atomic E-state index is 0.138. The van der Waals surface area contributed by atoms with Gasteiger partial charge in [0, 0.05) is 0 Å². The lowest BCUT2D eigenvalue weighted by Gasteiger charge is -2.05. The van der Waals surface area contributed by atoms with Crippen molar-refractivity contribution < 1.29 is 27.5 Å². The van der Waals surface area contributed by atoms with Gasteiger partial charge in [-0.1, -0.05) is 19.8 Å². The number of unbranched alkanes of at least 4 members (excludes halogenated alkanes) is 2. The first-order chi connectivity index (χ1) is 11.2. The Bertz CT molecular complexity index is 671. The third kappa shape index (κ3) is 5.99. The fourth-order valence-corrected chi connectivity index (χ4v) is 2.64. The molecule has 0 aliphatic heterocycles. The Morgan fingerprint density at radius 2 is 1.83 bits per heavy atom. The first-order valence-electron chi connectivity index (χ1n) is 7.24. The Kier molecular flexibility index (Phi) is 7.47. The van der Waals surface area contributed by atoms with Crippen LogP contribution in [-0.4, -0.2) is 18.2 Å². The Morgan fingerprint density at radius 3 is 2.38 bits per heavy atom. The summed E-state index contributed by atoms with van der Waals surface area (Å²) >= 11 is 0.138. The van der Waals surface area contributed by atoms with Gasteiger partial charge in [-0.2, -0.15) is 13.2 Å². The number of esters is 1. The number of carbonyl (C=O) groups is 2. The van der Waals surface area contributed by atoms with Crippen molar-refractivity contribution in [1.29, 1.82) is 0 Å². The van der Waals surface area contributed by atoms with Gasteiger partial charge in [0.05, 0.1) is 17.6 Å². The Morgan fingerprint density at radius 1 is 1.17 bits per heavy atom. The third-order valence-corrected chi connectivity index (χ3v) is 4.03. The van der Waals surface area contributed by atoms with Crippen LogP contribution in [0.3, 0.4) is 0 Å². The van der Waals surface area contributed by atoms with Gasteiger partial charge in [0.1, 0.15) is 0 Å². The number of hydrogen-bond donors (Lipinski definition) is 0. The van der Waals surface area contributed by atoms with E-state index in [0.717, 1.165) is 32.1 Å². The maximum atomic E-state index is 13.1. The highest BCUT2D eigenvalue weighted by Crippen LogP contribution is 2.31. The molecule has 0 saturated heterocycles. The summed E-state index contributed by atoms with van der Waals surface area (Å²) in [6.07, 6.45) is -1.97. The second-order valence-electron chi connectivity index (χ2n) is 5.03. The van der Waals surface area contributed by atoms with E-state index in [1.165, 1.54) is 0 Å². The highest BCUT2D eigenvalue weighted by atomic mass is 32.2. The molecule has 8 heteroatoms. The number of thioether (sulfide) groups is 1. The molecular weight excluding hydrogens is 345 g/mol. The second kappa shape index (κ2) is 8.86. The van der Waals surface area contributed by atoms with Crippen LogP contribution >= 0.6 is 11.8 Å². The molecule has 4 nitrogen and oxygen atoms in total. The maximum Gasteiger partial charge on any atom is 0.416 e. The monoisotopic (exact) mass is 362 g/mol. The molecule has 1 rings (SSSR count). The van der Waals surface area contributed by atoms with Gasteiger partial charge in [-0.15, -0.1) is 0 Å². The lowest BCUT2D eigenvalue weighted by molar-refractivity contribution is -0.147. The first-order valence-corrected chi connectivity index (χ1v) is 8.06. The number of carbonyl (C=O) groups excluding carboxylic acids is 2. The number of alkyl halides is 3. The molecule has 1 aromatic carbocycles. The molecule has 0 heterocycles. The zero-order chi connectivity index (χ0) is 18.3. The van der Waals surface area contributed by atoms with Crippen molar-refractivity contribution in [2.24, 2.45) is 0 Å². The molecule has 0 aliphatic rings. The zero-order valence-corrected chi connectivity index (χ0v) is 14.1. The zero-order valence-electron chi connectivity index (χ0n) is 13.2. The summed E-state index contributed by atoms with van der Waals surface area (Å²) in [5, 5.41) is -1.15. The van der Waals surface area contributed by atoms with Gasteiger partial charge < -0.3 is 4.74 Å². The lowest BCUT2D eigenvalue weighted by Crippen LogP contribution is -2.13. The number of ether oxygens (including phenoxy) is 1. The van der Waals surface area contributed by atoms with Crippen LogP contribution in [0.1, 0.15) is 37.3 Å². The van der Waals surface area contributed by atoms with E-state index < -0.39 is 33.1 Å². The van der Waals surface area contributed by atoms with Crippen molar-refractivity contribution in [3.63, 3.8) is 0 Å². The maximum absolute atomic E-state index is 13.1. The van der Waals surface area contributed by atoms with Gasteiger partial charge in [-0.3, -0.25) is 9.59 Å². The third-order valence-electron chi connectivity index (χ3n) is 3.14. The Balaban J connectivity index is 3.29. The summed E-state index contributed by atoms with van der Waals surface area (Å²) in [5.41, 5.74) is -1.52. The first kappa shape index (κ1) is 20.2. The van der Waals surface area contributed by atoms with Crippen LogP contribution in [0.4, 0.5) is 13.2 Å². The normalized spacial score (nSPS) is 11.2. The van der Waals surface area contributed by atoms with Crippen LogP contribution in [0.25, 0.3) is 0 Å². The van der Waals surface area contributed by atoms with E-state index in [0.29, 0.717) is 18.9 Å². The lowest BCUT2D eigenvalue weighted by atomic mass is 10.1. The van der Waals surface area contributed by atoms with Gasteiger partial charge in [-0.25, -0.2) is 4.79 Å². The van der Waals surface area contributed by atoms with Crippen molar-refractivity contribution >= 4 is 22.8 Å². The molecule has 0 fully saturated rings. The minimum atomic E-state index is -4.67. The summed E-state index contributed by atoms with van der Waals surface area (Å²) in [6, 6.07) is 2.58. The van der Waals surface area contributed by atoms with E-state index in [1.54, 1.807) is 0 Å². The number of hydrogen-bond acceptors (Lipinski definition) is 5. The van der Waals surface area contributed by atoms with Crippen LogP contribution < -0.4 is 5.43 Å². The molecule has 0 radical (unpaired) electrons. The molecule has 132 valence electrons. The molecule has 0 unspecified atom stereocenters. The predicted molar refractivity (Wildman–Crippen MR) is 83.8 cm³/mol. The highest BCUT2D eigenvalue weighted by Gasteiger charge is 2.31. The van der Waals surface area contributed by atoms with Crippen molar-refractivity contribution in [1.82, 2.24) is 0 Å². The standard InChI is InChI=1S/C16H17F3O4S/c1-3-4-5-6-10-7-11(16(17,18)19)9-13(12(20)8-10)24-15(22)14(21)23-2/h7-9H,3-6H2,1-2H3. The predicted octanol–water partition coefficient (Wildman–Crippen LogP) is 3.59. The van der Waals surface area contributed by atoms with Gasteiger partial charge in [0.25, 0.3) is 0 Å². The second-order valence-corrected chi connectivity index (χ2v) is 6.04. The fraction of sp³-hybridized carbons (Fsp3) is 0.438.